The quantitative estimate of drug-likeness (QED) is 0.553. The minimum Gasteiger partial charge on any atom is -0.356 e. The molecule has 1 aromatic rings. The molecule has 0 radical (unpaired) electrons. The van der Waals surface area contributed by atoms with Crippen LogP contribution in [0.3, 0.4) is 0 Å². The molecule has 15 heavy (non-hydrogen) atoms. The summed E-state index contributed by atoms with van der Waals surface area (Å²) in [6.45, 7) is 1.83. The second-order valence-corrected chi connectivity index (χ2v) is 3.14. The number of rotatable bonds is 4. The van der Waals surface area contributed by atoms with Crippen LogP contribution in [0.2, 0.25) is 0 Å². The van der Waals surface area contributed by atoms with Gasteiger partial charge in [-0.05, 0) is 18.6 Å². The van der Waals surface area contributed by atoms with Crippen molar-refractivity contribution in [1.29, 1.82) is 0 Å². The van der Waals surface area contributed by atoms with Crippen LogP contribution in [0.25, 0.3) is 0 Å². The molecule has 0 saturated heterocycles. The molecular weight excluding hydrogens is 188 g/mol. The molecule has 80 valence electrons. The summed E-state index contributed by atoms with van der Waals surface area (Å²) >= 11 is 0. The molecule has 0 amide bonds. The maximum Gasteiger partial charge on any atom is 0.160 e. The van der Waals surface area contributed by atoms with E-state index >= 15 is 0 Å². The third kappa shape index (κ3) is 3.39. The zero-order chi connectivity index (χ0) is 11.1. The highest BCUT2D eigenvalue weighted by atomic mass is 16.7. The van der Waals surface area contributed by atoms with Gasteiger partial charge in [0.05, 0.1) is 0 Å². The molecule has 1 aromatic carbocycles. The first-order valence-corrected chi connectivity index (χ1v) is 4.88. The summed E-state index contributed by atoms with van der Waals surface area (Å²) < 4.78 is 10.3. The van der Waals surface area contributed by atoms with Crippen molar-refractivity contribution >= 4 is 0 Å². The molecule has 0 saturated carbocycles. The van der Waals surface area contributed by atoms with Crippen molar-refractivity contribution in [3.05, 3.63) is 35.4 Å². The molecule has 0 heterocycles. The first-order chi connectivity index (χ1) is 7.31. The highest BCUT2D eigenvalue weighted by Gasteiger charge is 2.08. The minimum atomic E-state index is -0.204. The van der Waals surface area contributed by atoms with Gasteiger partial charge in [0.1, 0.15) is 0 Å². The third-order valence-corrected chi connectivity index (χ3v) is 2.19. The summed E-state index contributed by atoms with van der Waals surface area (Å²) in [5, 5.41) is 0. The lowest BCUT2D eigenvalue weighted by atomic mass is 10.0. The Balaban J connectivity index is 2.86. The van der Waals surface area contributed by atoms with Crippen LogP contribution < -0.4 is 0 Å². The van der Waals surface area contributed by atoms with Crippen molar-refractivity contribution in [3.63, 3.8) is 0 Å². The van der Waals surface area contributed by atoms with E-state index in [4.69, 9.17) is 9.47 Å². The summed E-state index contributed by atoms with van der Waals surface area (Å²) in [7, 11) is 3.28. The molecule has 0 aliphatic carbocycles. The maximum atomic E-state index is 5.17. The molecule has 0 aliphatic rings. The second kappa shape index (κ2) is 6.23. The van der Waals surface area contributed by atoms with Crippen molar-refractivity contribution in [1.82, 2.24) is 0 Å². The first-order valence-electron chi connectivity index (χ1n) is 4.88. The average Bonchev–Trinajstić information content (AvgIpc) is 2.28. The van der Waals surface area contributed by atoms with Crippen LogP contribution >= 0.6 is 0 Å². The van der Waals surface area contributed by atoms with Crippen LogP contribution in [0, 0.1) is 11.8 Å². The van der Waals surface area contributed by atoms with E-state index in [1.807, 2.05) is 31.2 Å². The molecule has 2 heteroatoms. The van der Waals surface area contributed by atoms with Gasteiger partial charge in [0, 0.05) is 26.2 Å². The molecular formula is C13H16O2. The van der Waals surface area contributed by atoms with Gasteiger partial charge < -0.3 is 9.47 Å². The van der Waals surface area contributed by atoms with Gasteiger partial charge in [-0.3, -0.25) is 0 Å². The third-order valence-electron chi connectivity index (χ3n) is 2.19. The molecule has 2 nitrogen and oxygen atoms in total. The lowest BCUT2D eigenvalue weighted by Crippen LogP contribution is -2.16. The Morgan fingerprint density at radius 3 is 2.47 bits per heavy atom. The number of hydrogen-bond acceptors (Lipinski definition) is 2. The highest BCUT2D eigenvalue weighted by molar-refractivity contribution is 5.41. The van der Waals surface area contributed by atoms with Crippen LogP contribution in [0.15, 0.2) is 24.3 Å². The molecule has 0 spiro atoms. The Labute approximate surface area is 91.2 Å². The molecule has 0 aliphatic heterocycles. The maximum absolute atomic E-state index is 5.17. The summed E-state index contributed by atoms with van der Waals surface area (Å²) in [5.41, 5.74) is 2.19. The summed E-state index contributed by atoms with van der Waals surface area (Å²) in [6.07, 6.45) is 0.516. The van der Waals surface area contributed by atoms with Crippen molar-refractivity contribution < 1.29 is 9.47 Å². The van der Waals surface area contributed by atoms with E-state index in [1.54, 1.807) is 14.2 Å². The fourth-order valence-corrected chi connectivity index (χ4v) is 1.40. The van der Waals surface area contributed by atoms with Crippen LogP contribution in [0.1, 0.15) is 18.1 Å². The van der Waals surface area contributed by atoms with E-state index in [0.717, 1.165) is 17.5 Å². The van der Waals surface area contributed by atoms with E-state index in [0.29, 0.717) is 0 Å². The monoisotopic (exact) mass is 204 g/mol. The smallest absolute Gasteiger partial charge is 0.160 e. The van der Waals surface area contributed by atoms with Gasteiger partial charge in [-0.15, -0.1) is 5.92 Å². The molecule has 0 bridgehead atoms. The molecule has 0 fully saturated rings. The van der Waals surface area contributed by atoms with Crippen LogP contribution in [-0.4, -0.2) is 20.5 Å². The number of hydrogen-bond donors (Lipinski definition) is 0. The molecule has 0 aromatic heterocycles. The van der Waals surface area contributed by atoms with E-state index in [1.165, 1.54) is 0 Å². The Bertz CT molecular complexity index is 356. The fourth-order valence-electron chi connectivity index (χ4n) is 1.40. The van der Waals surface area contributed by atoms with Crippen LogP contribution in [0.4, 0.5) is 0 Å². The van der Waals surface area contributed by atoms with E-state index in [9.17, 15) is 0 Å². The fraction of sp³-hybridized carbons (Fsp3) is 0.385. The molecule has 0 N–H and O–H groups in total. The molecule has 0 atom stereocenters. The largest absolute Gasteiger partial charge is 0.356 e. The Morgan fingerprint density at radius 2 is 1.87 bits per heavy atom. The van der Waals surface area contributed by atoms with Gasteiger partial charge in [-0.1, -0.05) is 24.1 Å². The van der Waals surface area contributed by atoms with E-state index in [2.05, 4.69) is 11.8 Å². The van der Waals surface area contributed by atoms with Crippen molar-refractivity contribution in [2.75, 3.05) is 14.2 Å². The number of methoxy groups -OCH3 is 2. The van der Waals surface area contributed by atoms with Crippen LogP contribution in [0.5, 0.6) is 0 Å². The summed E-state index contributed by atoms with van der Waals surface area (Å²) in [6, 6.07) is 8.04. The van der Waals surface area contributed by atoms with E-state index < -0.39 is 0 Å². The topological polar surface area (TPSA) is 18.5 Å². The number of ether oxygens (including phenoxy) is 2. The Hall–Kier alpha value is -1.30. The highest BCUT2D eigenvalue weighted by Crippen LogP contribution is 2.11. The van der Waals surface area contributed by atoms with Crippen molar-refractivity contribution in [3.8, 4) is 11.8 Å². The van der Waals surface area contributed by atoms with Gasteiger partial charge in [0.25, 0.3) is 0 Å². The summed E-state index contributed by atoms with van der Waals surface area (Å²) in [5.74, 6) is 5.97. The lowest BCUT2D eigenvalue weighted by molar-refractivity contribution is -0.100. The number of benzene rings is 1. The average molecular weight is 204 g/mol. The zero-order valence-electron chi connectivity index (χ0n) is 9.41. The Morgan fingerprint density at radius 1 is 1.20 bits per heavy atom. The van der Waals surface area contributed by atoms with Gasteiger partial charge in [0.15, 0.2) is 6.29 Å². The Kier molecular flexibility index (Phi) is 4.89. The normalized spacial score (nSPS) is 9.87. The first kappa shape index (κ1) is 11.8. The summed E-state index contributed by atoms with van der Waals surface area (Å²) in [4.78, 5) is 0. The van der Waals surface area contributed by atoms with Gasteiger partial charge in [0.2, 0.25) is 0 Å². The molecule has 1 rings (SSSR count). The standard InChI is InChI=1S/C13H16O2/c1-4-7-11-8-5-6-9-12(11)10-13(14-2)15-3/h5-6,8-9,13H,10H2,1-3H3. The SMILES string of the molecule is CC#Cc1ccccc1CC(OC)OC. The van der Waals surface area contributed by atoms with Crippen molar-refractivity contribution in [2.45, 2.75) is 19.6 Å². The lowest BCUT2D eigenvalue weighted by Gasteiger charge is -2.14. The zero-order valence-corrected chi connectivity index (χ0v) is 9.41. The predicted octanol–water partition coefficient (Wildman–Crippen LogP) is 2.22. The molecule has 0 unspecified atom stereocenters. The van der Waals surface area contributed by atoms with Crippen LogP contribution in [-0.2, 0) is 15.9 Å². The van der Waals surface area contributed by atoms with E-state index in [-0.39, 0.29) is 6.29 Å². The van der Waals surface area contributed by atoms with Crippen molar-refractivity contribution in [2.24, 2.45) is 0 Å². The van der Waals surface area contributed by atoms with Gasteiger partial charge >= 0.3 is 0 Å². The minimum absolute atomic E-state index is 0.204. The predicted molar refractivity (Wildman–Crippen MR) is 60.5 cm³/mol. The van der Waals surface area contributed by atoms with Gasteiger partial charge in [-0.25, -0.2) is 0 Å². The second-order valence-electron chi connectivity index (χ2n) is 3.14. The van der Waals surface area contributed by atoms with Gasteiger partial charge in [-0.2, -0.15) is 0 Å².